The maximum absolute atomic E-state index is 10.9. The van der Waals surface area contributed by atoms with Crippen LogP contribution in [0, 0.1) is 0 Å². The Balaban J connectivity index is 2.82. The van der Waals surface area contributed by atoms with Crippen LogP contribution in [-0.4, -0.2) is 20.8 Å². The second-order valence-electron chi connectivity index (χ2n) is 2.87. The highest BCUT2D eigenvalue weighted by Gasteiger charge is 2.37. The summed E-state index contributed by atoms with van der Waals surface area (Å²) in [5.41, 5.74) is 0.615. The van der Waals surface area contributed by atoms with Crippen LogP contribution in [0.2, 0.25) is 0 Å². The summed E-state index contributed by atoms with van der Waals surface area (Å²) >= 11 is 15.1. The number of carboxylic acids is 1. The molecule has 0 saturated carbocycles. The molecule has 1 aromatic rings. The number of carboxylic acid groups (broad SMARTS) is 1. The number of hydrogen-bond acceptors (Lipinski definition) is 3. The Hall–Kier alpha value is -0.580. The first-order chi connectivity index (χ1) is 6.91. The highest BCUT2D eigenvalue weighted by molar-refractivity contribution is 7.85. The molecule has 0 aliphatic carbocycles. The molecule has 0 heterocycles. The molecule has 0 aromatic heterocycles. The summed E-state index contributed by atoms with van der Waals surface area (Å²) < 4.78 is -1.68. The Morgan fingerprint density at radius 2 is 1.93 bits per heavy atom. The Labute approximate surface area is 103 Å². The van der Waals surface area contributed by atoms with Crippen molar-refractivity contribution in [3.05, 3.63) is 30.3 Å². The molecule has 2 N–H and O–H groups in total. The monoisotopic (exact) mass is 265 g/mol. The van der Waals surface area contributed by atoms with Crippen LogP contribution in [0.25, 0.3) is 0 Å². The lowest BCUT2D eigenvalue weighted by atomic mass is 10.2. The fraction of sp³-hybridized carbons (Fsp3) is 0.222. The summed E-state index contributed by atoms with van der Waals surface area (Å²) in [4.78, 5) is 10.9. The predicted octanol–water partition coefficient (Wildman–Crippen LogP) is 2.61. The summed E-state index contributed by atoms with van der Waals surface area (Å²) in [6.45, 7) is 0. The van der Waals surface area contributed by atoms with E-state index in [0.717, 1.165) is 0 Å². The van der Waals surface area contributed by atoms with Gasteiger partial charge in [0, 0.05) is 5.69 Å². The van der Waals surface area contributed by atoms with Gasteiger partial charge in [-0.25, -0.2) is 4.79 Å². The van der Waals surface area contributed by atoms with Crippen LogP contribution in [0.4, 0.5) is 5.69 Å². The zero-order valence-corrected chi connectivity index (χ0v) is 9.93. The topological polar surface area (TPSA) is 49.3 Å². The van der Waals surface area contributed by atoms with Crippen molar-refractivity contribution in [2.24, 2.45) is 0 Å². The molecular weight excluding hydrogens is 257 g/mol. The van der Waals surface area contributed by atoms with Crippen LogP contribution in [0.15, 0.2) is 30.3 Å². The number of nitrogens with one attached hydrogen (secondary N) is 1. The van der Waals surface area contributed by atoms with Crippen LogP contribution in [0.5, 0.6) is 0 Å². The molecule has 0 amide bonds. The molecule has 1 aromatic carbocycles. The van der Waals surface area contributed by atoms with Crippen molar-refractivity contribution in [1.82, 2.24) is 0 Å². The fourth-order valence-corrected chi connectivity index (χ4v) is 1.47. The summed E-state index contributed by atoms with van der Waals surface area (Å²) in [6, 6.07) is 7.59. The van der Waals surface area contributed by atoms with Crippen molar-refractivity contribution in [2.75, 3.05) is 5.32 Å². The Kier molecular flexibility index (Phi) is 4.13. The first-order valence-corrected chi connectivity index (χ1v) is 5.26. The number of alkyl halides is 2. The molecule has 0 fully saturated rings. The van der Waals surface area contributed by atoms with Crippen LogP contribution < -0.4 is 5.32 Å². The fourth-order valence-electron chi connectivity index (χ4n) is 0.998. The number of rotatable bonds is 4. The van der Waals surface area contributed by atoms with Crippen LogP contribution in [-0.2, 0) is 4.79 Å². The van der Waals surface area contributed by atoms with E-state index in [1.165, 1.54) is 0 Å². The lowest BCUT2D eigenvalue weighted by Gasteiger charge is -2.23. The number of aliphatic carboxylic acids is 1. The van der Waals surface area contributed by atoms with Gasteiger partial charge in [0.25, 0.3) is 0 Å². The van der Waals surface area contributed by atoms with Crippen molar-refractivity contribution in [1.29, 1.82) is 0 Å². The number of anilines is 1. The van der Waals surface area contributed by atoms with Crippen LogP contribution in [0.3, 0.4) is 0 Å². The third-order valence-corrected chi connectivity index (χ3v) is 2.37. The average molecular weight is 266 g/mol. The van der Waals surface area contributed by atoms with Gasteiger partial charge in [0.2, 0.25) is 0 Å². The van der Waals surface area contributed by atoms with E-state index in [1.54, 1.807) is 24.3 Å². The number of para-hydroxylation sites is 1. The second kappa shape index (κ2) is 4.96. The number of halogens is 2. The number of carbonyl (C=O) groups is 1. The van der Waals surface area contributed by atoms with Crippen molar-refractivity contribution < 1.29 is 9.90 Å². The molecule has 1 rings (SSSR count). The quantitative estimate of drug-likeness (QED) is 0.580. The van der Waals surface area contributed by atoms with E-state index >= 15 is 0 Å². The SMILES string of the molecule is O=C(O)[C@@H](Nc1ccccc1)C(S)(Cl)Cl. The van der Waals surface area contributed by atoms with Gasteiger partial charge in [-0.3, -0.25) is 0 Å². The lowest BCUT2D eigenvalue weighted by molar-refractivity contribution is -0.137. The summed E-state index contributed by atoms with van der Waals surface area (Å²) in [6.07, 6.45) is 0. The minimum atomic E-state index is -1.68. The molecule has 0 aliphatic heterocycles. The second-order valence-corrected chi connectivity index (χ2v) is 5.49. The minimum Gasteiger partial charge on any atom is -0.480 e. The molecule has 3 nitrogen and oxygen atoms in total. The molecule has 0 bridgehead atoms. The highest BCUT2D eigenvalue weighted by Crippen LogP contribution is 2.31. The first kappa shape index (κ1) is 12.5. The maximum Gasteiger partial charge on any atom is 0.330 e. The molecule has 0 radical (unpaired) electrons. The molecule has 15 heavy (non-hydrogen) atoms. The zero-order chi connectivity index (χ0) is 11.5. The summed E-state index contributed by atoms with van der Waals surface area (Å²) in [5, 5.41) is 11.6. The summed E-state index contributed by atoms with van der Waals surface area (Å²) in [7, 11) is 0. The van der Waals surface area contributed by atoms with Crippen LogP contribution >= 0.6 is 35.8 Å². The van der Waals surface area contributed by atoms with Gasteiger partial charge < -0.3 is 10.4 Å². The van der Waals surface area contributed by atoms with Crippen molar-refractivity contribution in [3.63, 3.8) is 0 Å². The van der Waals surface area contributed by atoms with Crippen molar-refractivity contribution in [3.8, 4) is 0 Å². The molecule has 6 heteroatoms. The van der Waals surface area contributed by atoms with Crippen molar-refractivity contribution >= 4 is 47.5 Å². The third-order valence-electron chi connectivity index (χ3n) is 1.68. The molecule has 0 saturated heterocycles. The summed E-state index contributed by atoms with van der Waals surface area (Å²) in [5.74, 6) is -1.17. The van der Waals surface area contributed by atoms with Crippen LogP contribution in [0.1, 0.15) is 0 Å². The Morgan fingerprint density at radius 1 is 1.40 bits per heavy atom. The molecule has 1 atom stereocenters. The normalized spacial score (nSPS) is 13.3. The van der Waals surface area contributed by atoms with Gasteiger partial charge in [0.05, 0.1) is 0 Å². The minimum absolute atomic E-state index is 0.615. The van der Waals surface area contributed by atoms with Gasteiger partial charge >= 0.3 is 5.97 Å². The molecule has 82 valence electrons. The standard InChI is InChI=1S/C9H9Cl2NO2S/c10-9(11,15)7(8(13)14)12-6-4-2-1-3-5-6/h1-5,7,12,15H,(H,13,14)/t7-/m1/s1. The van der Waals surface area contributed by atoms with Crippen molar-refractivity contribution in [2.45, 2.75) is 9.71 Å². The highest BCUT2D eigenvalue weighted by atomic mass is 35.5. The van der Waals surface area contributed by atoms with Gasteiger partial charge in [-0.05, 0) is 12.1 Å². The Bertz CT molecular complexity index is 340. The van der Waals surface area contributed by atoms with E-state index in [4.69, 9.17) is 28.3 Å². The zero-order valence-electron chi connectivity index (χ0n) is 7.52. The third kappa shape index (κ3) is 3.81. The smallest absolute Gasteiger partial charge is 0.330 e. The molecule has 0 aliphatic rings. The number of thiol groups is 1. The molecular formula is C9H9Cl2NO2S. The van der Waals surface area contributed by atoms with Gasteiger partial charge in [-0.1, -0.05) is 41.4 Å². The van der Waals surface area contributed by atoms with E-state index in [-0.39, 0.29) is 0 Å². The van der Waals surface area contributed by atoms with E-state index in [9.17, 15) is 4.79 Å². The first-order valence-electron chi connectivity index (χ1n) is 4.06. The van der Waals surface area contributed by atoms with Gasteiger partial charge in [0.15, 0.2) is 9.71 Å². The largest absolute Gasteiger partial charge is 0.480 e. The maximum atomic E-state index is 10.9. The Morgan fingerprint density at radius 3 is 2.33 bits per heavy atom. The van der Waals surface area contributed by atoms with Gasteiger partial charge in [-0.2, -0.15) is 0 Å². The molecule has 0 unspecified atom stereocenters. The van der Waals surface area contributed by atoms with E-state index in [2.05, 4.69) is 17.9 Å². The molecule has 0 spiro atoms. The van der Waals surface area contributed by atoms with Gasteiger partial charge in [0.1, 0.15) is 0 Å². The van der Waals surface area contributed by atoms with Gasteiger partial charge in [-0.15, -0.1) is 12.6 Å². The van der Waals surface area contributed by atoms with E-state index in [1.807, 2.05) is 6.07 Å². The van der Waals surface area contributed by atoms with E-state index < -0.39 is 15.7 Å². The number of benzene rings is 1. The van der Waals surface area contributed by atoms with E-state index in [0.29, 0.717) is 5.69 Å². The lowest BCUT2D eigenvalue weighted by Crippen LogP contribution is -2.41. The number of hydrogen-bond donors (Lipinski definition) is 3. The predicted molar refractivity (Wildman–Crippen MR) is 64.9 cm³/mol. The average Bonchev–Trinajstić information content (AvgIpc) is 2.13.